The number of hydrogen-bond acceptors (Lipinski definition) is 4. The molecule has 0 saturated carbocycles. The molecule has 0 aliphatic carbocycles. The lowest BCUT2D eigenvalue weighted by Crippen LogP contribution is -2.42. The van der Waals surface area contributed by atoms with E-state index in [2.05, 4.69) is 10.5 Å². The third kappa shape index (κ3) is 6.79. The minimum absolute atomic E-state index is 0.111. The predicted octanol–water partition coefficient (Wildman–Crippen LogP) is 3.74. The second-order valence-corrected chi connectivity index (χ2v) is 8.29. The van der Waals surface area contributed by atoms with Crippen molar-refractivity contribution in [2.24, 2.45) is 5.92 Å². The third-order valence-corrected chi connectivity index (χ3v) is 5.23. The van der Waals surface area contributed by atoms with Gasteiger partial charge in [-0.05, 0) is 43.9 Å². The van der Waals surface area contributed by atoms with E-state index < -0.39 is 22.0 Å². The molecule has 0 heterocycles. The number of ether oxygens (including phenoxy) is 1. The van der Waals surface area contributed by atoms with Gasteiger partial charge in [0.25, 0.3) is 0 Å². The first kappa shape index (κ1) is 22.2. The van der Waals surface area contributed by atoms with Crippen molar-refractivity contribution in [1.82, 2.24) is 4.72 Å². The summed E-state index contributed by atoms with van der Waals surface area (Å²) in [6, 6.07) is 5.38. The van der Waals surface area contributed by atoms with E-state index in [4.69, 9.17) is 4.74 Å². The van der Waals surface area contributed by atoms with E-state index in [9.17, 15) is 13.2 Å². The normalized spacial score (nSPS) is 12.4. The van der Waals surface area contributed by atoms with Crippen molar-refractivity contribution < 1.29 is 17.9 Å². The Morgan fingerprint density at radius 1 is 1.27 bits per heavy atom. The monoisotopic (exact) mass is 379 g/mol. The summed E-state index contributed by atoms with van der Waals surface area (Å²) in [6.07, 6.45) is 4.15. The van der Waals surface area contributed by atoms with E-state index in [-0.39, 0.29) is 10.8 Å². The second-order valence-electron chi connectivity index (χ2n) is 6.57. The molecular weight excluding hydrogens is 350 g/mol. The van der Waals surface area contributed by atoms with Gasteiger partial charge in [-0.25, -0.2) is 13.2 Å². The summed E-state index contributed by atoms with van der Waals surface area (Å²) in [6.45, 7) is 7.90. The Morgan fingerprint density at radius 3 is 2.38 bits per heavy atom. The molecule has 26 heavy (non-hydrogen) atoms. The first-order chi connectivity index (χ1) is 12.2. The van der Waals surface area contributed by atoms with Crippen LogP contribution in [-0.4, -0.2) is 27.5 Å². The van der Waals surface area contributed by atoms with Gasteiger partial charge in [0.05, 0.1) is 12.0 Å². The Morgan fingerprint density at radius 2 is 1.88 bits per heavy atom. The Bertz CT molecular complexity index is 758. The number of sulfonamides is 1. The number of unbranched alkanes of at least 4 members (excludes halogenated alkanes) is 1. The summed E-state index contributed by atoms with van der Waals surface area (Å²) in [5, 5.41) is 0. The fraction of sp³-hybridized carbons (Fsp3) is 0.500. The number of rotatable bonds is 9. The topological polar surface area (TPSA) is 72.5 Å². The van der Waals surface area contributed by atoms with Crippen molar-refractivity contribution >= 4 is 16.0 Å². The Balaban J connectivity index is 3.28. The number of esters is 1. The summed E-state index contributed by atoms with van der Waals surface area (Å²) in [5.41, 5.74) is 4.66. The number of carbonyl (C=O) groups is 1. The molecule has 1 aromatic carbocycles. The SMILES string of the molecule is CCCCC(=C=CC(C)C)C(NS(=O)(=O)c1ccc(C)cc1)C(=O)OC. The predicted molar refractivity (Wildman–Crippen MR) is 103 cm³/mol. The van der Waals surface area contributed by atoms with Gasteiger partial charge in [0.1, 0.15) is 6.04 Å². The van der Waals surface area contributed by atoms with Crippen molar-refractivity contribution in [2.45, 2.75) is 57.9 Å². The largest absolute Gasteiger partial charge is 0.468 e. The maximum Gasteiger partial charge on any atom is 0.328 e. The number of hydrogen-bond donors (Lipinski definition) is 1. The van der Waals surface area contributed by atoms with Crippen LogP contribution in [0.4, 0.5) is 0 Å². The average molecular weight is 380 g/mol. The summed E-state index contributed by atoms with van der Waals surface area (Å²) in [4.78, 5) is 12.4. The van der Waals surface area contributed by atoms with Gasteiger partial charge in [0.2, 0.25) is 10.0 Å². The highest BCUT2D eigenvalue weighted by Crippen LogP contribution is 2.17. The van der Waals surface area contributed by atoms with Crippen molar-refractivity contribution in [1.29, 1.82) is 0 Å². The maximum atomic E-state index is 12.7. The molecule has 1 unspecified atom stereocenters. The molecule has 0 bridgehead atoms. The molecule has 0 saturated heterocycles. The van der Waals surface area contributed by atoms with Crippen LogP contribution in [0.2, 0.25) is 0 Å². The van der Waals surface area contributed by atoms with Crippen LogP contribution in [0.25, 0.3) is 0 Å². The van der Waals surface area contributed by atoms with Crippen LogP contribution in [0.1, 0.15) is 45.6 Å². The molecule has 0 aliphatic heterocycles. The summed E-state index contributed by atoms with van der Waals surface area (Å²) in [7, 11) is -2.62. The van der Waals surface area contributed by atoms with Crippen LogP contribution >= 0.6 is 0 Å². The third-order valence-electron chi connectivity index (χ3n) is 3.79. The summed E-state index contributed by atoms with van der Waals surface area (Å²) in [5.74, 6) is -0.407. The van der Waals surface area contributed by atoms with Crippen molar-refractivity contribution in [3.8, 4) is 0 Å². The van der Waals surface area contributed by atoms with Crippen molar-refractivity contribution in [3.05, 3.63) is 47.2 Å². The van der Waals surface area contributed by atoms with Crippen LogP contribution in [0.15, 0.2) is 46.5 Å². The van der Waals surface area contributed by atoms with Crippen LogP contribution < -0.4 is 4.72 Å². The molecule has 1 rings (SSSR count). The number of nitrogens with one attached hydrogen (secondary N) is 1. The standard InChI is InChI=1S/C20H29NO4S/c1-6-7-8-17(12-9-15(2)3)19(20(22)25-5)21-26(23,24)18-13-10-16(4)11-14-18/h9-11,13-15,19,21H,6-8H2,1-5H3. The van der Waals surface area contributed by atoms with Crippen LogP contribution in [0, 0.1) is 12.8 Å². The highest BCUT2D eigenvalue weighted by Gasteiger charge is 2.29. The van der Waals surface area contributed by atoms with Gasteiger partial charge in [-0.3, -0.25) is 0 Å². The van der Waals surface area contributed by atoms with E-state index in [1.54, 1.807) is 12.1 Å². The quantitative estimate of drug-likeness (QED) is 0.524. The van der Waals surface area contributed by atoms with Crippen molar-refractivity contribution in [3.63, 3.8) is 0 Å². The van der Waals surface area contributed by atoms with Gasteiger partial charge >= 0.3 is 5.97 Å². The molecule has 6 heteroatoms. The first-order valence-corrected chi connectivity index (χ1v) is 10.3. The summed E-state index contributed by atoms with van der Waals surface area (Å²) < 4.78 is 32.8. The molecular formula is C20H29NO4S. The highest BCUT2D eigenvalue weighted by molar-refractivity contribution is 7.89. The zero-order valence-corrected chi connectivity index (χ0v) is 17.0. The lowest BCUT2D eigenvalue weighted by molar-refractivity contribution is -0.141. The van der Waals surface area contributed by atoms with E-state index in [1.165, 1.54) is 19.2 Å². The van der Waals surface area contributed by atoms with Gasteiger partial charge in [0.15, 0.2) is 0 Å². The molecule has 0 spiro atoms. The summed E-state index contributed by atoms with van der Waals surface area (Å²) >= 11 is 0. The zero-order chi connectivity index (χ0) is 19.7. The minimum atomic E-state index is -3.87. The smallest absolute Gasteiger partial charge is 0.328 e. The van der Waals surface area contributed by atoms with Gasteiger partial charge < -0.3 is 4.74 Å². The van der Waals surface area contributed by atoms with Crippen LogP contribution in [0.3, 0.4) is 0 Å². The number of benzene rings is 1. The van der Waals surface area contributed by atoms with Crippen LogP contribution in [-0.2, 0) is 19.6 Å². The highest BCUT2D eigenvalue weighted by atomic mass is 32.2. The first-order valence-electron chi connectivity index (χ1n) is 8.83. The molecule has 5 nitrogen and oxygen atoms in total. The number of methoxy groups -OCH3 is 1. The molecule has 0 aliphatic rings. The van der Waals surface area contributed by atoms with E-state index in [0.29, 0.717) is 12.0 Å². The second kappa shape index (κ2) is 10.3. The molecule has 1 aromatic rings. The van der Waals surface area contributed by atoms with E-state index >= 15 is 0 Å². The van der Waals surface area contributed by atoms with Gasteiger partial charge in [-0.15, -0.1) is 5.73 Å². The molecule has 0 aromatic heterocycles. The molecule has 1 atom stereocenters. The lowest BCUT2D eigenvalue weighted by Gasteiger charge is -2.19. The fourth-order valence-electron chi connectivity index (χ4n) is 2.26. The Labute approximate surface area is 157 Å². The molecule has 0 amide bonds. The lowest BCUT2D eigenvalue weighted by atomic mass is 10.0. The van der Waals surface area contributed by atoms with E-state index in [1.807, 2.05) is 33.8 Å². The zero-order valence-electron chi connectivity index (χ0n) is 16.2. The Hall–Kier alpha value is -1.88. The van der Waals surface area contributed by atoms with Crippen LogP contribution in [0.5, 0.6) is 0 Å². The molecule has 0 radical (unpaired) electrons. The number of carbonyl (C=O) groups excluding carboxylic acids is 1. The van der Waals surface area contributed by atoms with E-state index in [0.717, 1.165) is 18.4 Å². The fourth-order valence-corrected chi connectivity index (χ4v) is 3.44. The molecule has 0 fully saturated rings. The van der Waals surface area contributed by atoms with Gasteiger partial charge in [0, 0.05) is 5.57 Å². The minimum Gasteiger partial charge on any atom is -0.468 e. The maximum absolute atomic E-state index is 12.7. The van der Waals surface area contributed by atoms with Crippen molar-refractivity contribution in [2.75, 3.05) is 7.11 Å². The average Bonchev–Trinajstić information content (AvgIpc) is 2.59. The number of aryl methyl sites for hydroxylation is 1. The molecule has 144 valence electrons. The van der Waals surface area contributed by atoms with Gasteiger partial charge in [-0.1, -0.05) is 44.9 Å². The van der Waals surface area contributed by atoms with Gasteiger partial charge in [-0.2, -0.15) is 4.72 Å². The molecule has 1 N–H and O–H groups in total. The Kier molecular flexibility index (Phi) is 8.79.